The molecule has 0 aromatic rings. The lowest BCUT2D eigenvalue weighted by Crippen LogP contribution is -2.49. The Bertz CT molecular complexity index is 361. The Morgan fingerprint density at radius 3 is 2.60 bits per heavy atom. The Morgan fingerprint density at radius 1 is 1.15 bits per heavy atom. The van der Waals surface area contributed by atoms with Crippen LogP contribution in [0.2, 0.25) is 0 Å². The fourth-order valence-electron chi connectivity index (χ4n) is 3.23. The molecule has 1 saturated carbocycles. The van der Waals surface area contributed by atoms with Crippen LogP contribution >= 0.6 is 0 Å². The number of amides is 2. The van der Waals surface area contributed by atoms with Crippen LogP contribution in [0.25, 0.3) is 0 Å². The molecule has 3 atom stereocenters. The van der Waals surface area contributed by atoms with E-state index >= 15 is 0 Å². The van der Waals surface area contributed by atoms with E-state index < -0.39 is 5.97 Å². The molecule has 2 aliphatic rings. The lowest BCUT2D eigenvalue weighted by atomic mass is 10.1. The summed E-state index contributed by atoms with van der Waals surface area (Å²) >= 11 is 0. The van der Waals surface area contributed by atoms with Crippen molar-refractivity contribution in [1.29, 1.82) is 0 Å². The maximum Gasteiger partial charge on any atom is 0.317 e. The molecule has 1 heterocycles. The van der Waals surface area contributed by atoms with E-state index in [0.29, 0.717) is 19.4 Å². The van der Waals surface area contributed by atoms with E-state index in [1.165, 1.54) is 0 Å². The van der Waals surface area contributed by atoms with Crippen LogP contribution in [0.3, 0.4) is 0 Å². The number of aliphatic hydroxyl groups excluding tert-OH is 1. The highest BCUT2D eigenvalue weighted by Gasteiger charge is 2.32. The molecule has 1 aliphatic heterocycles. The third kappa shape index (κ3) is 3.62. The van der Waals surface area contributed by atoms with Crippen molar-refractivity contribution in [1.82, 2.24) is 10.2 Å². The number of rotatable bonds is 3. The monoisotopic (exact) mass is 284 g/mol. The number of urea groups is 1. The molecule has 1 aliphatic carbocycles. The largest absolute Gasteiger partial charge is 0.481 e. The average molecular weight is 284 g/mol. The highest BCUT2D eigenvalue weighted by Crippen LogP contribution is 2.26. The highest BCUT2D eigenvalue weighted by molar-refractivity contribution is 5.75. The van der Waals surface area contributed by atoms with Gasteiger partial charge in [0.25, 0.3) is 0 Å². The Hall–Kier alpha value is -1.30. The van der Waals surface area contributed by atoms with Gasteiger partial charge in [-0.05, 0) is 32.1 Å². The Labute approximate surface area is 119 Å². The average Bonchev–Trinajstić information content (AvgIpc) is 2.75. The fourth-order valence-corrected chi connectivity index (χ4v) is 3.23. The Morgan fingerprint density at radius 2 is 1.95 bits per heavy atom. The number of carboxylic acid groups (broad SMARTS) is 1. The summed E-state index contributed by atoms with van der Waals surface area (Å²) in [5.74, 6) is -1.11. The lowest BCUT2D eigenvalue weighted by molar-refractivity contribution is -0.141. The van der Waals surface area contributed by atoms with Crippen molar-refractivity contribution in [3.63, 3.8) is 0 Å². The van der Waals surface area contributed by atoms with Crippen LogP contribution in [0.5, 0.6) is 0 Å². The molecule has 114 valence electrons. The number of carbonyl (C=O) groups is 2. The number of nitrogens with one attached hydrogen (secondary N) is 1. The molecule has 6 nitrogen and oxygen atoms in total. The maximum atomic E-state index is 12.3. The first kappa shape index (κ1) is 15.1. The molecule has 6 heteroatoms. The molecule has 20 heavy (non-hydrogen) atoms. The summed E-state index contributed by atoms with van der Waals surface area (Å²) in [7, 11) is 0. The first-order chi connectivity index (χ1) is 9.61. The SMILES string of the molecule is O=C(O)C1CCC(NC(=O)N2CCCCCC2CO)C1. The maximum absolute atomic E-state index is 12.3. The molecule has 0 radical (unpaired) electrons. The molecule has 2 fully saturated rings. The van der Waals surface area contributed by atoms with Gasteiger partial charge in [-0.3, -0.25) is 4.79 Å². The summed E-state index contributed by atoms with van der Waals surface area (Å²) in [6.45, 7) is 0.669. The van der Waals surface area contributed by atoms with E-state index in [0.717, 1.165) is 32.1 Å². The zero-order chi connectivity index (χ0) is 14.5. The normalized spacial score (nSPS) is 30.9. The van der Waals surface area contributed by atoms with Crippen LogP contribution in [0.1, 0.15) is 44.9 Å². The topological polar surface area (TPSA) is 89.9 Å². The van der Waals surface area contributed by atoms with Crippen molar-refractivity contribution in [2.75, 3.05) is 13.2 Å². The van der Waals surface area contributed by atoms with Crippen molar-refractivity contribution in [3.05, 3.63) is 0 Å². The van der Waals surface area contributed by atoms with Gasteiger partial charge in [0.15, 0.2) is 0 Å². The van der Waals surface area contributed by atoms with Crippen LogP contribution in [-0.4, -0.2) is 52.3 Å². The molecule has 0 bridgehead atoms. The molecule has 0 aromatic carbocycles. The second-order valence-corrected chi connectivity index (χ2v) is 5.87. The second kappa shape index (κ2) is 6.92. The van der Waals surface area contributed by atoms with Crippen molar-refractivity contribution >= 4 is 12.0 Å². The van der Waals surface area contributed by atoms with Gasteiger partial charge < -0.3 is 20.4 Å². The molecule has 2 rings (SSSR count). The number of nitrogens with zero attached hydrogens (tertiary/aromatic N) is 1. The minimum Gasteiger partial charge on any atom is -0.481 e. The van der Waals surface area contributed by atoms with E-state index in [1.807, 2.05) is 0 Å². The summed E-state index contributed by atoms with van der Waals surface area (Å²) in [5.41, 5.74) is 0. The summed E-state index contributed by atoms with van der Waals surface area (Å²) in [5, 5.41) is 21.3. The minimum absolute atomic E-state index is 0.00413. The van der Waals surface area contributed by atoms with Crippen molar-refractivity contribution < 1.29 is 19.8 Å². The third-order valence-electron chi connectivity index (χ3n) is 4.46. The number of aliphatic hydroxyl groups is 1. The molecule has 2 amide bonds. The summed E-state index contributed by atoms with van der Waals surface area (Å²) < 4.78 is 0. The van der Waals surface area contributed by atoms with E-state index in [9.17, 15) is 14.7 Å². The number of likely N-dealkylation sites (tertiary alicyclic amines) is 1. The van der Waals surface area contributed by atoms with E-state index in [-0.39, 0.29) is 30.6 Å². The third-order valence-corrected chi connectivity index (χ3v) is 4.46. The Balaban J connectivity index is 1.88. The quantitative estimate of drug-likeness (QED) is 0.726. The Kier molecular flexibility index (Phi) is 5.23. The zero-order valence-corrected chi connectivity index (χ0v) is 11.8. The predicted molar refractivity (Wildman–Crippen MR) is 73.3 cm³/mol. The van der Waals surface area contributed by atoms with E-state index in [2.05, 4.69) is 5.32 Å². The number of hydrogen-bond acceptors (Lipinski definition) is 3. The van der Waals surface area contributed by atoms with E-state index in [1.54, 1.807) is 4.90 Å². The van der Waals surface area contributed by atoms with Gasteiger partial charge in [0.05, 0.1) is 18.6 Å². The van der Waals surface area contributed by atoms with Gasteiger partial charge in [0.1, 0.15) is 0 Å². The summed E-state index contributed by atoms with van der Waals surface area (Å²) in [4.78, 5) is 25.0. The van der Waals surface area contributed by atoms with Crippen molar-refractivity contribution in [2.24, 2.45) is 5.92 Å². The van der Waals surface area contributed by atoms with E-state index in [4.69, 9.17) is 5.11 Å². The van der Waals surface area contributed by atoms with Gasteiger partial charge in [-0.1, -0.05) is 12.8 Å². The number of carbonyl (C=O) groups excluding carboxylic acids is 1. The van der Waals surface area contributed by atoms with Crippen molar-refractivity contribution in [2.45, 2.75) is 57.0 Å². The zero-order valence-electron chi connectivity index (χ0n) is 11.8. The molecule has 0 spiro atoms. The first-order valence-corrected chi connectivity index (χ1v) is 7.52. The highest BCUT2D eigenvalue weighted by atomic mass is 16.4. The van der Waals surface area contributed by atoms with Gasteiger partial charge in [-0.25, -0.2) is 4.79 Å². The molecule has 3 unspecified atom stereocenters. The van der Waals surface area contributed by atoms with Gasteiger partial charge in [-0.2, -0.15) is 0 Å². The van der Waals surface area contributed by atoms with Crippen molar-refractivity contribution in [3.8, 4) is 0 Å². The molecular weight excluding hydrogens is 260 g/mol. The smallest absolute Gasteiger partial charge is 0.317 e. The lowest BCUT2D eigenvalue weighted by Gasteiger charge is -2.30. The van der Waals surface area contributed by atoms with Crippen LogP contribution in [0.4, 0.5) is 4.79 Å². The van der Waals surface area contributed by atoms with Gasteiger partial charge in [0, 0.05) is 12.6 Å². The molecule has 0 aromatic heterocycles. The van der Waals surface area contributed by atoms with Crippen LogP contribution in [-0.2, 0) is 4.79 Å². The molecular formula is C14H24N2O4. The van der Waals surface area contributed by atoms with Crippen LogP contribution in [0.15, 0.2) is 0 Å². The molecule has 1 saturated heterocycles. The van der Waals surface area contributed by atoms with Gasteiger partial charge in [-0.15, -0.1) is 0 Å². The van der Waals surface area contributed by atoms with Gasteiger partial charge in [0.2, 0.25) is 0 Å². The first-order valence-electron chi connectivity index (χ1n) is 7.52. The standard InChI is InChI=1S/C14H24N2O4/c17-9-12-4-2-1-3-7-16(12)14(20)15-11-6-5-10(8-11)13(18)19/h10-12,17H,1-9H2,(H,15,20)(H,18,19). The summed E-state index contributed by atoms with van der Waals surface area (Å²) in [6, 6.07) is -0.303. The second-order valence-electron chi connectivity index (χ2n) is 5.87. The minimum atomic E-state index is -0.773. The van der Waals surface area contributed by atoms with Gasteiger partial charge >= 0.3 is 12.0 Å². The summed E-state index contributed by atoms with van der Waals surface area (Å²) in [6.07, 6.45) is 5.80. The number of carboxylic acids is 1. The molecule has 3 N–H and O–H groups in total. The predicted octanol–water partition coefficient (Wildman–Crippen LogP) is 1.19. The number of hydrogen-bond donors (Lipinski definition) is 3. The van der Waals surface area contributed by atoms with Crippen LogP contribution in [0, 0.1) is 5.92 Å². The fraction of sp³-hybridized carbons (Fsp3) is 0.857. The number of aliphatic carboxylic acids is 1. The van der Waals surface area contributed by atoms with Crippen LogP contribution < -0.4 is 5.32 Å².